The Kier molecular flexibility index (Phi) is 7.55. The average Bonchev–Trinajstić information content (AvgIpc) is 2.69. The van der Waals surface area contributed by atoms with Crippen molar-refractivity contribution >= 4 is 5.91 Å². The molecule has 0 saturated carbocycles. The zero-order chi connectivity index (χ0) is 20.6. The summed E-state index contributed by atoms with van der Waals surface area (Å²) in [7, 11) is 0. The Morgan fingerprint density at radius 1 is 1.18 bits per heavy atom. The molecule has 7 heteroatoms. The lowest BCUT2D eigenvalue weighted by atomic mass is 9.94. The fraction of sp³-hybridized carbons (Fsp3) is 0.286. The summed E-state index contributed by atoms with van der Waals surface area (Å²) in [5, 5.41) is 21.9. The van der Waals surface area contributed by atoms with Crippen molar-refractivity contribution in [3.63, 3.8) is 0 Å². The maximum absolute atomic E-state index is 11.8. The van der Waals surface area contributed by atoms with Crippen LogP contribution in [-0.4, -0.2) is 34.4 Å². The van der Waals surface area contributed by atoms with Crippen molar-refractivity contribution in [2.45, 2.75) is 31.7 Å². The van der Waals surface area contributed by atoms with Gasteiger partial charge < -0.3 is 15.6 Å². The number of hydrogen-bond donors (Lipinski definition) is 5. The molecule has 2 unspecified atom stereocenters. The Labute approximate surface area is 164 Å². The van der Waals surface area contributed by atoms with E-state index in [2.05, 4.69) is 17.2 Å². The quantitative estimate of drug-likeness (QED) is 0.213. The molecule has 0 heterocycles. The fourth-order valence-corrected chi connectivity index (χ4v) is 2.47. The molecule has 0 aliphatic rings. The van der Waals surface area contributed by atoms with E-state index in [9.17, 15) is 9.90 Å². The van der Waals surface area contributed by atoms with Gasteiger partial charge in [-0.25, -0.2) is 5.48 Å². The van der Waals surface area contributed by atoms with Gasteiger partial charge in [0.15, 0.2) is 0 Å². The first-order valence-electron chi connectivity index (χ1n) is 8.75. The highest BCUT2D eigenvalue weighted by atomic mass is 16.5. The summed E-state index contributed by atoms with van der Waals surface area (Å²) in [6, 6.07) is 15.3. The smallest absolute Gasteiger partial charge is 0.262 e. The monoisotopic (exact) mass is 383 g/mol. The van der Waals surface area contributed by atoms with Crippen molar-refractivity contribution in [2.24, 2.45) is 5.73 Å². The number of hydroxylamine groups is 1. The molecule has 2 atom stereocenters. The number of ether oxygens (including phenoxy) is 1. The van der Waals surface area contributed by atoms with Crippen LogP contribution in [0.15, 0.2) is 54.6 Å². The first kappa shape index (κ1) is 21.4. The van der Waals surface area contributed by atoms with Gasteiger partial charge in [0.25, 0.3) is 5.91 Å². The third kappa shape index (κ3) is 6.37. The molecule has 0 spiro atoms. The topological polar surface area (TPSA) is 117 Å². The fourth-order valence-electron chi connectivity index (χ4n) is 2.47. The molecule has 6 N–H and O–H groups in total. The van der Waals surface area contributed by atoms with Gasteiger partial charge in [0.05, 0.1) is 0 Å². The molecule has 0 aliphatic heterocycles. The molecule has 1 amide bonds. The van der Waals surface area contributed by atoms with Crippen LogP contribution >= 0.6 is 0 Å². The highest BCUT2D eigenvalue weighted by Crippen LogP contribution is 2.18. The molecule has 28 heavy (non-hydrogen) atoms. The first-order chi connectivity index (χ1) is 13.3. The summed E-state index contributed by atoms with van der Waals surface area (Å²) in [5.74, 6) is 5.80. The standard InChI is InChI=1S/C21H25N3O4/c1-21(2,22)18(20(26)24-27)23-19(25)16-10-12-17(13-11-16)28-14-6-9-15-7-4-3-5-8-15/h3-5,7-8,10-13,18-19,23,25,27H,14,22H2,1-2H3,(H,24,26). The Hall–Kier alpha value is -2.89. The molecule has 2 aromatic carbocycles. The van der Waals surface area contributed by atoms with Crippen LogP contribution in [0, 0.1) is 11.8 Å². The van der Waals surface area contributed by atoms with Gasteiger partial charge in [0, 0.05) is 11.1 Å². The summed E-state index contributed by atoms with van der Waals surface area (Å²) in [6.07, 6.45) is -1.16. The van der Waals surface area contributed by atoms with E-state index in [1.165, 1.54) is 0 Å². The van der Waals surface area contributed by atoms with Gasteiger partial charge in [-0.2, -0.15) is 0 Å². The van der Waals surface area contributed by atoms with Gasteiger partial charge in [-0.1, -0.05) is 42.2 Å². The average molecular weight is 383 g/mol. The van der Waals surface area contributed by atoms with Crippen molar-refractivity contribution in [1.82, 2.24) is 10.8 Å². The van der Waals surface area contributed by atoms with Crippen LogP contribution in [0.5, 0.6) is 5.75 Å². The number of carbonyl (C=O) groups is 1. The third-order valence-electron chi connectivity index (χ3n) is 3.95. The van der Waals surface area contributed by atoms with E-state index in [0.717, 1.165) is 5.56 Å². The Bertz CT molecular complexity index is 821. The molecular formula is C21H25N3O4. The maximum Gasteiger partial charge on any atom is 0.262 e. The van der Waals surface area contributed by atoms with Gasteiger partial charge in [-0.05, 0) is 43.7 Å². The van der Waals surface area contributed by atoms with E-state index in [1.54, 1.807) is 43.6 Å². The number of rotatable bonds is 7. The van der Waals surface area contributed by atoms with Crippen molar-refractivity contribution in [2.75, 3.05) is 6.61 Å². The van der Waals surface area contributed by atoms with E-state index >= 15 is 0 Å². The van der Waals surface area contributed by atoms with Crippen LogP contribution in [0.4, 0.5) is 0 Å². The zero-order valence-electron chi connectivity index (χ0n) is 15.8. The lowest BCUT2D eigenvalue weighted by Crippen LogP contribution is -2.60. The largest absolute Gasteiger partial charge is 0.481 e. The zero-order valence-corrected chi connectivity index (χ0v) is 15.8. The van der Waals surface area contributed by atoms with Crippen LogP contribution in [0.25, 0.3) is 0 Å². The molecule has 2 aromatic rings. The number of carbonyl (C=O) groups excluding carboxylic acids is 1. The van der Waals surface area contributed by atoms with E-state index in [1.807, 2.05) is 30.3 Å². The van der Waals surface area contributed by atoms with Crippen LogP contribution in [0.2, 0.25) is 0 Å². The molecule has 0 fully saturated rings. The van der Waals surface area contributed by atoms with Gasteiger partial charge in [0.1, 0.15) is 24.6 Å². The number of aliphatic hydroxyl groups excluding tert-OH is 1. The molecule has 7 nitrogen and oxygen atoms in total. The highest BCUT2D eigenvalue weighted by Gasteiger charge is 2.33. The molecule has 0 saturated heterocycles. The van der Waals surface area contributed by atoms with Crippen molar-refractivity contribution in [3.05, 3.63) is 65.7 Å². The molecule has 0 bridgehead atoms. The van der Waals surface area contributed by atoms with Crippen LogP contribution in [0.3, 0.4) is 0 Å². The lowest BCUT2D eigenvalue weighted by molar-refractivity contribution is -0.134. The van der Waals surface area contributed by atoms with E-state index in [0.29, 0.717) is 11.3 Å². The second kappa shape index (κ2) is 9.88. The first-order valence-corrected chi connectivity index (χ1v) is 8.75. The van der Waals surface area contributed by atoms with Crippen LogP contribution in [-0.2, 0) is 4.79 Å². The minimum absolute atomic E-state index is 0.231. The molecule has 0 aromatic heterocycles. The highest BCUT2D eigenvalue weighted by molar-refractivity contribution is 5.82. The molecular weight excluding hydrogens is 358 g/mol. The Balaban J connectivity index is 1.94. The maximum atomic E-state index is 11.8. The van der Waals surface area contributed by atoms with Crippen LogP contribution in [0.1, 0.15) is 31.2 Å². The predicted molar refractivity (Wildman–Crippen MR) is 105 cm³/mol. The van der Waals surface area contributed by atoms with Crippen molar-refractivity contribution < 1.29 is 19.8 Å². The summed E-state index contributed by atoms with van der Waals surface area (Å²) in [4.78, 5) is 11.8. The van der Waals surface area contributed by atoms with Gasteiger partial charge in [-0.15, -0.1) is 0 Å². The van der Waals surface area contributed by atoms with Crippen LogP contribution < -0.4 is 21.3 Å². The van der Waals surface area contributed by atoms with Gasteiger partial charge >= 0.3 is 0 Å². The summed E-state index contributed by atoms with van der Waals surface area (Å²) in [5.41, 5.74) is 7.92. The van der Waals surface area contributed by atoms with Crippen molar-refractivity contribution in [1.29, 1.82) is 0 Å². The predicted octanol–water partition coefficient (Wildman–Crippen LogP) is 1.31. The lowest BCUT2D eigenvalue weighted by Gasteiger charge is -2.31. The second-order valence-corrected chi connectivity index (χ2v) is 6.83. The van der Waals surface area contributed by atoms with Crippen molar-refractivity contribution in [3.8, 4) is 17.6 Å². The van der Waals surface area contributed by atoms with E-state index < -0.39 is 23.7 Å². The minimum Gasteiger partial charge on any atom is -0.481 e. The van der Waals surface area contributed by atoms with E-state index in [4.69, 9.17) is 15.7 Å². The van der Waals surface area contributed by atoms with E-state index in [-0.39, 0.29) is 6.61 Å². The number of hydrogen-bond acceptors (Lipinski definition) is 6. The molecule has 0 radical (unpaired) electrons. The number of nitrogens with one attached hydrogen (secondary N) is 2. The summed E-state index contributed by atoms with van der Waals surface area (Å²) < 4.78 is 5.56. The minimum atomic E-state index is -1.16. The molecule has 0 aliphatic carbocycles. The number of nitrogens with two attached hydrogens (primary N) is 1. The normalized spacial score (nSPS) is 13.0. The van der Waals surface area contributed by atoms with Gasteiger partial charge in [0.2, 0.25) is 0 Å². The molecule has 2 rings (SSSR count). The number of benzene rings is 2. The SMILES string of the molecule is CC(C)(N)C(NC(O)c1ccc(OCC#Cc2ccccc2)cc1)C(=O)NO. The Morgan fingerprint density at radius 2 is 1.82 bits per heavy atom. The second-order valence-electron chi connectivity index (χ2n) is 6.83. The third-order valence-corrected chi connectivity index (χ3v) is 3.95. The Morgan fingerprint density at radius 3 is 2.39 bits per heavy atom. The summed E-state index contributed by atoms with van der Waals surface area (Å²) >= 11 is 0. The summed E-state index contributed by atoms with van der Waals surface area (Å²) in [6.45, 7) is 3.45. The number of aliphatic hydroxyl groups is 1. The van der Waals surface area contributed by atoms with Gasteiger partial charge in [-0.3, -0.25) is 15.3 Å². The number of amides is 1. The molecule has 148 valence electrons.